The first-order valence-electron chi connectivity index (χ1n) is 7.41. The average molecular weight is 329 g/mol. The molecule has 0 saturated carbocycles. The minimum Gasteiger partial charge on any atom is -0.497 e. The van der Waals surface area contributed by atoms with E-state index in [2.05, 4.69) is 41.0 Å². The molecule has 0 atom stereocenters. The molecular formula is C16H19N5OS. The van der Waals surface area contributed by atoms with E-state index in [-0.39, 0.29) is 0 Å². The number of thioether (sulfide) groups is 1. The highest BCUT2D eigenvalue weighted by Crippen LogP contribution is 2.35. The Morgan fingerprint density at radius 3 is 2.91 bits per heavy atom. The fourth-order valence-electron chi connectivity index (χ4n) is 2.40. The Kier molecular flexibility index (Phi) is 4.38. The zero-order valence-electron chi connectivity index (χ0n) is 13.4. The molecule has 0 saturated heterocycles. The van der Waals surface area contributed by atoms with Crippen molar-refractivity contribution < 1.29 is 4.74 Å². The number of imidazole rings is 1. The van der Waals surface area contributed by atoms with Gasteiger partial charge in [-0.2, -0.15) is 0 Å². The van der Waals surface area contributed by atoms with Gasteiger partial charge in [-0.05, 0) is 38.0 Å². The van der Waals surface area contributed by atoms with E-state index in [4.69, 9.17) is 10.5 Å². The molecule has 2 aromatic heterocycles. The van der Waals surface area contributed by atoms with Crippen LogP contribution < -0.4 is 5.73 Å². The van der Waals surface area contributed by atoms with Crippen molar-refractivity contribution in [2.75, 3.05) is 12.8 Å². The molecule has 2 heterocycles. The molecule has 0 spiro atoms. The summed E-state index contributed by atoms with van der Waals surface area (Å²) in [4.78, 5) is 14.1. The lowest BCUT2D eigenvalue weighted by Crippen LogP contribution is -1.99. The van der Waals surface area contributed by atoms with E-state index >= 15 is 0 Å². The van der Waals surface area contributed by atoms with Crippen molar-refractivity contribution in [3.05, 3.63) is 40.8 Å². The molecule has 0 aliphatic heterocycles. The average Bonchev–Trinajstić information content (AvgIpc) is 2.81. The van der Waals surface area contributed by atoms with Gasteiger partial charge in [0.15, 0.2) is 22.1 Å². The Hall–Kier alpha value is -2.28. The minimum atomic E-state index is 0.406. The van der Waals surface area contributed by atoms with E-state index in [9.17, 15) is 0 Å². The van der Waals surface area contributed by atoms with Gasteiger partial charge in [0.05, 0.1) is 7.11 Å². The molecule has 1 aliphatic carbocycles. The van der Waals surface area contributed by atoms with Gasteiger partial charge in [-0.15, -0.1) is 0 Å². The molecule has 0 fully saturated rings. The molecule has 0 radical (unpaired) electrons. The van der Waals surface area contributed by atoms with E-state index in [0.29, 0.717) is 11.3 Å². The van der Waals surface area contributed by atoms with Crippen LogP contribution in [-0.2, 0) is 11.3 Å². The highest BCUT2D eigenvalue weighted by atomic mass is 32.2. The first-order chi connectivity index (χ1) is 11.1. The normalized spacial score (nSPS) is 15.0. The minimum absolute atomic E-state index is 0.406. The van der Waals surface area contributed by atoms with Gasteiger partial charge in [-0.3, -0.25) is 0 Å². The van der Waals surface area contributed by atoms with Gasteiger partial charge in [0.1, 0.15) is 12.1 Å². The van der Waals surface area contributed by atoms with Gasteiger partial charge in [0, 0.05) is 11.4 Å². The molecule has 0 unspecified atom stereocenters. The number of nitrogens with zero attached hydrogens (tertiary/aromatic N) is 4. The lowest BCUT2D eigenvalue weighted by molar-refractivity contribution is 0.305. The van der Waals surface area contributed by atoms with Crippen LogP contribution in [0.1, 0.15) is 20.3 Å². The number of ether oxygens (including phenoxy) is 1. The first-order valence-corrected chi connectivity index (χ1v) is 8.23. The number of allylic oxidation sites excluding steroid dienone is 4. The number of nitrogen functional groups attached to an aromatic ring is 1. The van der Waals surface area contributed by atoms with Gasteiger partial charge >= 0.3 is 0 Å². The number of anilines is 1. The van der Waals surface area contributed by atoms with Crippen molar-refractivity contribution in [3.63, 3.8) is 0 Å². The van der Waals surface area contributed by atoms with Crippen LogP contribution in [0.15, 0.2) is 45.9 Å². The fourth-order valence-corrected chi connectivity index (χ4v) is 3.48. The lowest BCUT2D eigenvalue weighted by Gasteiger charge is -2.09. The first kappa shape index (κ1) is 15.6. The Balaban J connectivity index is 2.05. The molecule has 23 heavy (non-hydrogen) atoms. The quantitative estimate of drug-likeness (QED) is 0.927. The van der Waals surface area contributed by atoms with Gasteiger partial charge in [-0.1, -0.05) is 17.8 Å². The fraction of sp³-hybridized carbons (Fsp3) is 0.312. The number of nitrogens with two attached hydrogens (primary N) is 1. The molecule has 0 aromatic carbocycles. The van der Waals surface area contributed by atoms with E-state index < -0.39 is 0 Å². The third kappa shape index (κ3) is 2.96. The summed E-state index contributed by atoms with van der Waals surface area (Å²) < 4.78 is 7.44. The van der Waals surface area contributed by atoms with E-state index in [0.717, 1.165) is 34.4 Å². The number of rotatable bonds is 4. The summed E-state index contributed by atoms with van der Waals surface area (Å²) in [5, 5.41) is 0.853. The Morgan fingerprint density at radius 1 is 1.35 bits per heavy atom. The zero-order chi connectivity index (χ0) is 16.4. The summed E-state index contributed by atoms with van der Waals surface area (Å²) in [6, 6.07) is 0. The third-order valence-corrected chi connectivity index (χ3v) is 4.84. The van der Waals surface area contributed by atoms with Gasteiger partial charge < -0.3 is 15.0 Å². The predicted molar refractivity (Wildman–Crippen MR) is 92.8 cm³/mol. The number of fused-ring (bicyclic) bond motifs is 1. The van der Waals surface area contributed by atoms with Crippen LogP contribution in [0.5, 0.6) is 0 Å². The SMILES string of the molecule is CCn1c(SC2=CC(OC)=CCC=C2C)nc2c(N)ncnc21. The van der Waals surface area contributed by atoms with Crippen molar-refractivity contribution in [2.24, 2.45) is 0 Å². The summed E-state index contributed by atoms with van der Waals surface area (Å²) in [5.41, 5.74) is 8.54. The van der Waals surface area contributed by atoms with Crippen LogP contribution in [0.4, 0.5) is 5.82 Å². The molecule has 2 N–H and O–H groups in total. The molecule has 0 amide bonds. The molecule has 3 rings (SSSR count). The van der Waals surface area contributed by atoms with Crippen molar-refractivity contribution in [2.45, 2.75) is 32.0 Å². The second kappa shape index (κ2) is 6.45. The third-order valence-electron chi connectivity index (χ3n) is 3.68. The number of methoxy groups -OCH3 is 1. The highest BCUT2D eigenvalue weighted by Gasteiger charge is 2.17. The Bertz CT molecular complexity index is 834. The Morgan fingerprint density at radius 2 is 2.17 bits per heavy atom. The second-order valence-corrected chi connectivity index (χ2v) is 6.12. The highest BCUT2D eigenvalue weighted by molar-refractivity contribution is 8.03. The van der Waals surface area contributed by atoms with Crippen LogP contribution in [0.3, 0.4) is 0 Å². The van der Waals surface area contributed by atoms with Crippen molar-refractivity contribution in [3.8, 4) is 0 Å². The monoisotopic (exact) mass is 329 g/mol. The molecule has 2 aromatic rings. The van der Waals surface area contributed by atoms with Crippen LogP contribution in [0.25, 0.3) is 11.2 Å². The second-order valence-electron chi connectivity index (χ2n) is 5.11. The maximum absolute atomic E-state index is 5.93. The molecule has 0 bridgehead atoms. The summed E-state index contributed by atoms with van der Waals surface area (Å²) in [6.45, 7) is 4.92. The topological polar surface area (TPSA) is 78.9 Å². The number of hydrogen-bond acceptors (Lipinski definition) is 6. The predicted octanol–water partition coefficient (Wildman–Crippen LogP) is 3.28. The maximum atomic E-state index is 5.93. The molecular weight excluding hydrogens is 310 g/mol. The van der Waals surface area contributed by atoms with Crippen LogP contribution in [0.2, 0.25) is 0 Å². The standard InChI is InChI=1S/C16H19N5OS/c1-4-21-15-13(14(17)18-9-19-15)20-16(21)23-12-8-11(22-3)7-5-6-10(12)2/h6-9H,4-5H2,1-3H3,(H2,17,18,19). The summed E-state index contributed by atoms with van der Waals surface area (Å²) in [5.74, 6) is 1.27. The lowest BCUT2D eigenvalue weighted by atomic mass is 10.2. The van der Waals surface area contributed by atoms with E-state index in [1.807, 2.05) is 10.6 Å². The molecule has 120 valence electrons. The largest absolute Gasteiger partial charge is 0.497 e. The van der Waals surface area contributed by atoms with Crippen molar-refractivity contribution in [1.82, 2.24) is 19.5 Å². The van der Waals surface area contributed by atoms with E-state index in [1.54, 1.807) is 18.9 Å². The van der Waals surface area contributed by atoms with Gasteiger partial charge in [0.25, 0.3) is 0 Å². The summed E-state index contributed by atoms with van der Waals surface area (Å²) in [7, 11) is 1.68. The molecule has 1 aliphatic rings. The number of aromatic nitrogens is 4. The van der Waals surface area contributed by atoms with Crippen LogP contribution in [-0.4, -0.2) is 26.6 Å². The summed E-state index contributed by atoms with van der Waals surface area (Å²) in [6.07, 6.45) is 8.61. The molecule has 7 heteroatoms. The zero-order valence-corrected chi connectivity index (χ0v) is 14.2. The number of hydrogen-bond donors (Lipinski definition) is 1. The van der Waals surface area contributed by atoms with Crippen LogP contribution in [0, 0.1) is 0 Å². The van der Waals surface area contributed by atoms with Crippen molar-refractivity contribution in [1.29, 1.82) is 0 Å². The smallest absolute Gasteiger partial charge is 0.175 e. The molecule has 6 nitrogen and oxygen atoms in total. The van der Waals surface area contributed by atoms with Crippen LogP contribution >= 0.6 is 11.8 Å². The Labute approximate surface area is 139 Å². The summed E-state index contributed by atoms with van der Waals surface area (Å²) >= 11 is 1.59. The van der Waals surface area contributed by atoms with Gasteiger partial charge in [-0.25, -0.2) is 15.0 Å². The van der Waals surface area contributed by atoms with Gasteiger partial charge in [0.2, 0.25) is 0 Å². The maximum Gasteiger partial charge on any atom is 0.175 e. The van der Waals surface area contributed by atoms with Crippen molar-refractivity contribution >= 4 is 28.7 Å². The van der Waals surface area contributed by atoms with E-state index in [1.165, 1.54) is 11.9 Å². The number of aryl methyl sites for hydroxylation is 1.